The molecule has 7 heterocycles. The fourth-order valence-corrected chi connectivity index (χ4v) is 9.61. The molecule has 2 fully saturated rings. The Morgan fingerprint density at radius 2 is 1.75 bits per heavy atom. The molecule has 0 radical (unpaired) electrons. The Morgan fingerprint density at radius 1 is 0.934 bits per heavy atom. The molecule has 0 bridgehead atoms. The highest BCUT2D eigenvalue weighted by Crippen LogP contribution is 2.36. The summed E-state index contributed by atoms with van der Waals surface area (Å²) in [6.45, 7) is 11.2. The maximum absolute atomic E-state index is 12.9. The third-order valence-electron chi connectivity index (χ3n) is 11.9. The van der Waals surface area contributed by atoms with Gasteiger partial charge in [-0.15, -0.1) is 0 Å². The van der Waals surface area contributed by atoms with Gasteiger partial charge in [0.15, 0.2) is 4.96 Å². The second kappa shape index (κ2) is 15.6. The van der Waals surface area contributed by atoms with E-state index in [1.54, 1.807) is 17.5 Å². The smallest absolute Gasteiger partial charge is 0.249 e. The molecule has 0 saturated carbocycles. The maximum Gasteiger partial charge on any atom is 0.249 e. The standard InChI is InChI=1S/C47H46N8O5S/c1-47(2,3)42-25-31(51-60-42)24-33(56)23-29-6-8-30(9-7-29)37-28-54-39-13-11-34(27-41(39)61-46(54)49-37)59-22-21-52-17-19-53(20-18-52)32-10-12-38-36(26-32)35-5-4-16-48-44(35)55(38)40-14-15-43(57)50-45(40)58/h4-13,16,25-28,40H,14-15,17-24H2,1-3H3,(H,50,57,58). The fraction of sp³-hybridized carbons (Fsp3) is 0.319. The normalized spacial score (nSPS) is 16.6. The van der Waals surface area contributed by atoms with Gasteiger partial charge in [0.25, 0.3) is 0 Å². The van der Waals surface area contributed by atoms with E-state index >= 15 is 0 Å². The number of nitrogens with zero attached hydrogens (tertiary/aromatic N) is 7. The van der Waals surface area contributed by atoms with Crippen LogP contribution in [-0.4, -0.2) is 85.9 Å². The molecule has 2 amide bonds. The number of pyridine rings is 1. The van der Waals surface area contributed by atoms with Gasteiger partial charge in [-0.25, -0.2) is 9.97 Å². The number of ether oxygens (including phenoxy) is 1. The zero-order chi connectivity index (χ0) is 41.8. The molecule has 2 aliphatic rings. The first kappa shape index (κ1) is 38.8. The van der Waals surface area contributed by atoms with Gasteiger partial charge in [-0.05, 0) is 60.5 Å². The average Bonchev–Trinajstić information content (AvgIpc) is 4.03. The van der Waals surface area contributed by atoms with Crippen LogP contribution in [0.5, 0.6) is 5.75 Å². The number of fused-ring (bicyclic) bond motifs is 6. The molecule has 14 heteroatoms. The number of carbonyl (C=O) groups is 3. The number of aromatic nitrogens is 5. The van der Waals surface area contributed by atoms with Crippen LogP contribution in [0.3, 0.4) is 0 Å². The first-order valence-electron chi connectivity index (χ1n) is 20.9. The Hall–Kier alpha value is -6.38. The molecule has 2 aliphatic heterocycles. The number of Topliss-reactive ketones (excluding diaryl/α,β-unsaturated/α-hetero) is 1. The van der Waals surface area contributed by atoms with Crippen LogP contribution in [0.1, 0.15) is 56.7 Å². The van der Waals surface area contributed by atoms with Crippen molar-refractivity contribution in [1.29, 1.82) is 0 Å². The molecule has 8 aromatic rings. The number of hydrogen-bond donors (Lipinski definition) is 1. The lowest BCUT2D eigenvalue weighted by molar-refractivity contribution is -0.135. The molecular weight excluding hydrogens is 789 g/mol. The summed E-state index contributed by atoms with van der Waals surface area (Å²) in [6, 6.07) is 26.1. The van der Waals surface area contributed by atoms with Crippen molar-refractivity contribution in [3.05, 3.63) is 108 Å². The van der Waals surface area contributed by atoms with Gasteiger partial charge in [0.05, 0.1) is 33.5 Å². The minimum atomic E-state index is -0.473. The zero-order valence-corrected chi connectivity index (χ0v) is 35.2. The molecule has 10 rings (SSSR count). The summed E-state index contributed by atoms with van der Waals surface area (Å²) in [6.07, 6.45) is 5.19. The predicted molar refractivity (Wildman–Crippen MR) is 236 cm³/mol. The molecule has 1 atom stereocenters. The van der Waals surface area contributed by atoms with Gasteiger partial charge in [0.2, 0.25) is 11.8 Å². The van der Waals surface area contributed by atoms with Gasteiger partial charge >= 0.3 is 0 Å². The van der Waals surface area contributed by atoms with Crippen LogP contribution in [0.2, 0.25) is 0 Å². The van der Waals surface area contributed by atoms with E-state index in [4.69, 9.17) is 14.2 Å². The Morgan fingerprint density at radius 3 is 2.54 bits per heavy atom. The third kappa shape index (κ3) is 7.65. The lowest BCUT2D eigenvalue weighted by atomic mass is 9.93. The van der Waals surface area contributed by atoms with Crippen LogP contribution < -0.4 is 15.0 Å². The number of carbonyl (C=O) groups excluding carboxylic acids is 3. The minimum absolute atomic E-state index is 0.0959. The molecule has 5 aromatic heterocycles. The van der Waals surface area contributed by atoms with Crippen molar-refractivity contribution in [1.82, 2.24) is 34.3 Å². The molecule has 310 valence electrons. The maximum atomic E-state index is 12.9. The Balaban J connectivity index is 0.731. The molecule has 1 unspecified atom stereocenters. The van der Waals surface area contributed by atoms with Crippen LogP contribution >= 0.6 is 11.3 Å². The topological polar surface area (TPSA) is 140 Å². The fourth-order valence-electron chi connectivity index (χ4n) is 8.57. The van der Waals surface area contributed by atoms with Gasteiger partial charge in [-0.2, -0.15) is 0 Å². The summed E-state index contributed by atoms with van der Waals surface area (Å²) in [4.78, 5) is 52.9. The number of anilines is 1. The van der Waals surface area contributed by atoms with Crippen LogP contribution in [0.25, 0.3) is 48.4 Å². The van der Waals surface area contributed by atoms with Crippen molar-refractivity contribution < 1.29 is 23.6 Å². The van der Waals surface area contributed by atoms with E-state index in [9.17, 15) is 14.4 Å². The summed E-state index contributed by atoms with van der Waals surface area (Å²) >= 11 is 1.64. The molecule has 1 N–H and O–H groups in total. The van der Waals surface area contributed by atoms with Crippen molar-refractivity contribution in [3.63, 3.8) is 0 Å². The predicted octanol–water partition coefficient (Wildman–Crippen LogP) is 7.54. The summed E-state index contributed by atoms with van der Waals surface area (Å²) in [7, 11) is 0. The molecule has 0 spiro atoms. The average molecular weight is 835 g/mol. The third-order valence-corrected chi connectivity index (χ3v) is 12.9. The highest BCUT2D eigenvalue weighted by molar-refractivity contribution is 7.23. The van der Waals surface area contributed by atoms with Gasteiger partial charge in [-0.3, -0.25) is 29.0 Å². The number of benzene rings is 3. The van der Waals surface area contributed by atoms with Crippen LogP contribution in [-0.2, 0) is 32.6 Å². The first-order chi connectivity index (χ1) is 29.5. The van der Waals surface area contributed by atoms with E-state index in [0.717, 1.165) is 104 Å². The van der Waals surface area contributed by atoms with E-state index in [1.807, 2.05) is 47.0 Å². The van der Waals surface area contributed by atoms with Crippen molar-refractivity contribution in [3.8, 4) is 17.0 Å². The number of rotatable bonds is 11. The van der Waals surface area contributed by atoms with E-state index < -0.39 is 6.04 Å². The van der Waals surface area contributed by atoms with Gasteiger partial charge in [0, 0.05) is 91.5 Å². The lowest BCUT2D eigenvalue weighted by Crippen LogP contribution is -2.47. The number of thiazole rings is 1. The molecule has 0 aliphatic carbocycles. The van der Waals surface area contributed by atoms with E-state index in [1.165, 1.54) is 0 Å². The van der Waals surface area contributed by atoms with Gasteiger partial charge in [0.1, 0.15) is 35.6 Å². The van der Waals surface area contributed by atoms with Crippen molar-refractivity contribution in [2.45, 2.75) is 57.9 Å². The van der Waals surface area contributed by atoms with Gasteiger partial charge < -0.3 is 18.7 Å². The zero-order valence-electron chi connectivity index (χ0n) is 34.4. The summed E-state index contributed by atoms with van der Waals surface area (Å²) in [5, 5.41) is 8.66. The number of piperazine rings is 1. The largest absolute Gasteiger partial charge is 0.492 e. The summed E-state index contributed by atoms with van der Waals surface area (Å²) in [5.74, 6) is 1.22. The number of ketones is 1. The van der Waals surface area contributed by atoms with E-state index in [-0.39, 0.29) is 29.4 Å². The van der Waals surface area contributed by atoms with Crippen LogP contribution in [0, 0.1) is 0 Å². The molecule has 61 heavy (non-hydrogen) atoms. The Kier molecular flexibility index (Phi) is 9.91. The van der Waals surface area contributed by atoms with E-state index in [0.29, 0.717) is 31.6 Å². The van der Waals surface area contributed by atoms with Crippen molar-refractivity contribution in [2.75, 3.05) is 44.2 Å². The van der Waals surface area contributed by atoms with Crippen molar-refractivity contribution in [2.24, 2.45) is 0 Å². The molecule has 3 aromatic carbocycles. The summed E-state index contributed by atoms with van der Waals surface area (Å²) in [5.41, 5.74) is 7.31. The highest BCUT2D eigenvalue weighted by atomic mass is 32.1. The minimum Gasteiger partial charge on any atom is -0.492 e. The molecule has 2 saturated heterocycles. The number of hydrogen-bond acceptors (Lipinski definition) is 11. The number of imidazole rings is 1. The SMILES string of the molecule is CC(C)(C)c1cc(CC(=O)Cc2ccc(-c3cn4c(n3)sc3cc(OCCN5CCN(c6ccc7c(c6)c6cccnc6n7C6CCC(=O)NC6=O)CC5)ccc34)cc2)no1. The number of imide groups is 1. The lowest BCUT2D eigenvalue weighted by Gasteiger charge is -2.36. The molecular formula is C47H46N8O5S. The second-order valence-electron chi connectivity index (χ2n) is 17.1. The van der Waals surface area contributed by atoms with Crippen molar-refractivity contribution >= 4 is 71.7 Å². The van der Waals surface area contributed by atoms with Gasteiger partial charge in [-0.1, -0.05) is 61.5 Å². The van der Waals surface area contributed by atoms with E-state index in [2.05, 4.69) is 93.0 Å². The second-order valence-corrected chi connectivity index (χ2v) is 18.1. The Bertz CT molecular complexity index is 2960. The Labute approximate surface area is 355 Å². The molecule has 13 nitrogen and oxygen atoms in total. The van der Waals surface area contributed by atoms with Crippen LogP contribution in [0.15, 0.2) is 95.8 Å². The summed E-state index contributed by atoms with van der Waals surface area (Å²) < 4.78 is 17.0. The monoisotopic (exact) mass is 834 g/mol. The highest BCUT2D eigenvalue weighted by Gasteiger charge is 2.31. The number of nitrogens with one attached hydrogen (secondary N) is 1. The van der Waals surface area contributed by atoms with Crippen LogP contribution in [0.4, 0.5) is 5.69 Å². The number of piperidine rings is 1. The first-order valence-corrected chi connectivity index (χ1v) is 21.7. The quantitative estimate of drug-likeness (QED) is 0.130. The number of amides is 2.